The van der Waals surface area contributed by atoms with Crippen LogP contribution in [0.3, 0.4) is 0 Å². The predicted octanol–water partition coefficient (Wildman–Crippen LogP) is 4.66. The Balaban J connectivity index is 2.31. The Labute approximate surface area is 131 Å². The Kier molecular flexibility index (Phi) is 5.02. The summed E-state index contributed by atoms with van der Waals surface area (Å²) < 4.78 is 15.0. The van der Waals surface area contributed by atoms with E-state index in [1.165, 1.54) is 6.07 Å². The molecule has 0 saturated heterocycles. The van der Waals surface area contributed by atoms with Gasteiger partial charge >= 0.3 is 0 Å². The van der Waals surface area contributed by atoms with Crippen molar-refractivity contribution in [3.8, 4) is 0 Å². The SMILES string of the molecule is Cc1cc(Br)cc(NC(CN)c2cccc(Cl)c2F)c1. The van der Waals surface area contributed by atoms with E-state index in [-0.39, 0.29) is 17.6 Å². The first-order valence-corrected chi connectivity index (χ1v) is 7.36. The molecule has 2 nitrogen and oxygen atoms in total. The standard InChI is InChI=1S/C15H15BrClFN2/c1-9-5-10(16)7-11(6-9)20-14(8-19)12-3-2-4-13(17)15(12)18/h2-7,14,20H,8,19H2,1H3. The van der Waals surface area contributed by atoms with Crippen molar-refractivity contribution in [1.82, 2.24) is 0 Å². The molecule has 0 aliphatic heterocycles. The smallest absolute Gasteiger partial charge is 0.147 e. The highest BCUT2D eigenvalue weighted by Gasteiger charge is 2.16. The molecule has 2 aromatic carbocycles. The summed E-state index contributed by atoms with van der Waals surface area (Å²) in [6, 6.07) is 10.5. The number of nitrogens with one attached hydrogen (secondary N) is 1. The Morgan fingerprint density at radius 1 is 1.35 bits per heavy atom. The second-order valence-corrected chi connectivity index (χ2v) is 5.92. The van der Waals surface area contributed by atoms with E-state index in [2.05, 4.69) is 21.2 Å². The van der Waals surface area contributed by atoms with E-state index in [0.717, 1.165) is 15.7 Å². The molecule has 0 aliphatic carbocycles. The van der Waals surface area contributed by atoms with Gasteiger partial charge in [0, 0.05) is 22.3 Å². The predicted molar refractivity (Wildman–Crippen MR) is 85.7 cm³/mol. The minimum atomic E-state index is -0.427. The van der Waals surface area contributed by atoms with Crippen LogP contribution in [0.1, 0.15) is 17.2 Å². The number of hydrogen-bond acceptors (Lipinski definition) is 2. The fourth-order valence-corrected chi connectivity index (χ4v) is 2.86. The van der Waals surface area contributed by atoms with Crippen molar-refractivity contribution < 1.29 is 4.39 Å². The molecule has 0 amide bonds. The molecule has 0 aliphatic rings. The largest absolute Gasteiger partial charge is 0.377 e. The summed E-state index contributed by atoms with van der Waals surface area (Å²) in [6.45, 7) is 2.26. The lowest BCUT2D eigenvalue weighted by Gasteiger charge is -2.20. The fraction of sp³-hybridized carbons (Fsp3) is 0.200. The molecule has 0 aromatic heterocycles. The molecule has 1 atom stereocenters. The molecular weight excluding hydrogens is 343 g/mol. The molecule has 3 N–H and O–H groups in total. The fourth-order valence-electron chi connectivity index (χ4n) is 2.07. The zero-order valence-corrected chi connectivity index (χ0v) is 13.3. The van der Waals surface area contributed by atoms with E-state index in [0.29, 0.717) is 5.56 Å². The molecule has 106 valence electrons. The van der Waals surface area contributed by atoms with E-state index < -0.39 is 5.82 Å². The molecule has 2 aromatic rings. The Bertz CT molecular complexity index is 599. The summed E-state index contributed by atoms with van der Waals surface area (Å²) in [5.74, 6) is -0.427. The minimum Gasteiger partial charge on any atom is -0.377 e. The summed E-state index contributed by atoms with van der Waals surface area (Å²) >= 11 is 9.26. The van der Waals surface area contributed by atoms with Crippen LogP contribution in [-0.4, -0.2) is 6.54 Å². The van der Waals surface area contributed by atoms with Gasteiger partial charge in [-0.15, -0.1) is 0 Å². The van der Waals surface area contributed by atoms with Gasteiger partial charge in [-0.3, -0.25) is 0 Å². The number of halogens is 3. The maximum Gasteiger partial charge on any atom is 0.147 e. The highest BCUT2D eigenvalue weighted by molar-refractivity contribution is 9.10. The second-order valence-electron chi connectivity index (χ2n) is 4.59. The van der Waals surface area contributed by atoms with Gasteiger partial charge in [-0.2, -0.15) is 0 Å². The maximum atomic E-state index is 14.1. The number of hydrogen-bond donors (Lipinski definition) is 2. The van der Waals surface area contributed by atoms with E-state index in [9.17, 15) is 4.39 Å². The van der Waals surface area contributed by atoms with Crippen LogP contribution in [0.5, 0.6) is 0 Å². The first-order valence-electron chi connectivity index (χ1n) is 6.19. The van der Waals surface area contributed by atoms with Crippen molar-refractivity contribution in [3.05, 3.63) is 62.8 Å². The number of aryl methyl sites for hydroxylation is 1. The van der Waals surface area contributed by atoms with E-state index in [1.807, 2.05) is 25.1 Å². The molecule has 5 heteroatoms. The van der Waals surface area contributed by atoms with Crippen LogP contribution in [0.2, 0.25) is 5.02 Å². The Hall–Kier alpha value is -1.10. The monoisotopic (exact) mass is 356 g/mol. The zero-order chi connectivity index (χ0) is 14.7. The minimum absolute atomic E-state index is 0.105. The summed E-state index contributed by atoms with van der Waals surface area (Å²) in [5, 5.41) is 3.35. The normalized spacial score (nSPS) is 12.2. The molecule has 2 rings (SSSR count). The van der Waals surface area contributed by atoms with Crippen LogP contribution in [0.4, 0.5) is 10.1 Å². The number of rotatable bonds is 4. The second kappa shape index (κ2) is 6.57. The third kappa shape index (κ3) is 3.51. The summed E-state index contributed by atoms with van der Waals surface area (Å²) in [6.07, 6.45) is 0. The Morgan fingerprint density at radius 2 is 2.10 bits per heavy atom. The lowest BCUT2D eigenvalue weighted by Crippen LogP contribution is -2.21. The summed E-state index contributed by atoms with van der Waals surface area (Å²) in [7, 11) is 0. The average molecular weight is 358 g/mol. The number of anilines is 1. The molecular formula is C15H15BrClFN2. The van der Waals surface area contributed by atoms with Gasteiger partial charge in [0.15, 0.2) is 0 Å². The molecule has 0 heterocycles. The van der Waals surface area contributed by atoms with Crippen LogP contribution >= 0.6 is 27.5 Å². The molecule has 0 fully saturated rings. The highest BCUT2D eigenvalue weighted by atomic mass is 79.9. The van der Waals surface area contributed by atoms with E-state index >= 15 is 0 Å². The van der Waals surface area contributed by atoms with Crippen molar-refractivity contribution in [1.29, 1.82) is 0 Å². The zero-order valence-electron chi connectivity index (χ0n) is 11.0. The van der Waals surface area contributed by atoms with Crippen LogP contribution in [0.25, 0.3) is 0 Å². The van der Waals surface area contributed by atoms with Gasteiger partial charge in [0.05, 0.1) is 11.1 Å². The topological polar surface area (TPSA) is 38.0 Å². The van der Waals surface area contributed by atoms with Gasteiger partial charge in [-0.05, 0) is 36.8 Å². The summed E-state index contributed by atoms with van der Waals surface area (Å²) in [5.41, 5.74) is 8.22. The van der Waals surface area contributed by atoms with Crippen molar-refractivity contribution in [2.45, 2.75) is 13.0 Å². The van der Waals surface area contributed by atoms with Crippen molar-refractivity contribution in [2.24, 2.45) is 5.73 Å². The van der Waals surface area contributed by atoms with Gasteiger partial charge in [-0.1, -0.05) is 39.7 Å². The molecule has 0 spiro atoms. The first-order chi connectivity index (χ1) is 9.51. The van der Waals surface area contributed by atoms with E-state index in [1.54, 1.807) is 12.1 Å². The van der Waals surface area contributed by atoms with Gasteiger partial charge in [0.1, 0.15) is 5.82 Å². The lowest BCUT2D eigenvalue weighted by atomic mass is 10.1. The van der Waals surface area contributed by atoms with Crippen molar-refractivity contribution in [3.63, 3.8) is 0 Å². The number of nitrogens with two attached hydrogens (primary N) is 1. The quantitative estimate of drug-likeness (QED) is 0.835. The maximum absolute atomic E-state index is 14.1. The third-order valence-corrected chi connectivity index (χ3v) is 3.73. The molecule has 1 unspecified atom stereocenters. The van der Waals surface area contributed by atoms with Gasteiger partial charge in [0.25, 0.3) is 0 Å². The first kappa shape index (κ1) is 15.3. The molecule has 0 saturated carbocycles. The van der Waals surface area contributed by atoms with Crippen LogP contribution in [-0.2, 0) is 0 Å². The average Bonchev–Trinajstić information content (AvgIpc) is 2.38. The summed E-state index contributed by atoms with van der Waals surface area (Å²) in [4.78, 5) is 0. The van der Waals surface area contributed by atoms with Crippen LogP contribution < -0.4 is 11.1 Å². The van der Waals surface area contributed by atoms with Gasteiger partial charge in [-0.25, -0.2) is 4.39 Å². The Morgan fingerprint density at radius 3 is 2.75 bits per heavy atom. The van der Waals surface area contributed by atoms with E-state index in [4.69, 9.17) is 17.3 Å². The van der Waals surface area contributed by atoms with Gasteiger partial charge < -0.3 is 11.1 Å². The molecule has 20 heavy (non-hydrogen) atoms. The highest BCUT2D eigenvalue weighted by Crippen LogP contribution is 2.27. The third-order valence-electron chi connectivity index (χ3n) is 2.98. The van der Waals surface area contributed by atoms with Gasteiger partial charge in [0.2, 0.25) is 0 Å². The molecule has 0 bridgehead atoms. The van der Waals surface area contributed by atoms with Crippen LogP contribution in [0.15, 0.2) is 40.9 Å². The lowest BCUT2D eigenvalue weighted by molar-refractivity contribution is 0.594. The molecule has 0 radical (unpaired) electrons. The number of benzene rings is 2. The van der Waals surface area contributed by atoms with Crippen LogP contribution in [0, 0.1) is 12.7 Å². The van der Waals surface area contributed by atoms with Crippen molar-refractivity contribution in [2.75, 3.05) is 11.9 Å². The van der Waals surface area contributed by atoms with Crippen molar-refractivity contribution >= 4 is 33.2 Å².